The van der Waals surface area contributed by atoms with E-state index in [-0.39, 0.29) is 18.9 Å². The molecule has 1 aromatic rings. The second-order valence-corrected chi connectivity index (χ2v) is 4.11. The minimum atomic E-state index is -1.12. The molecule has 0 radical (unpaired) electrons. The summed E-state index contributed by atoms with van der Waals surface area (Å²) in [6, 6.07) is 5.11. The predicted molar refractivity (Wildman–Crippen MR) is 62.8 cm³/mol. The molecule has 2 rings (SSSR count). The number of anilines is 1. The number of halogens is 1. The fraction of sp³-hybridized carbons (Fsp3) is 0.333. The van der Waals surface area contributed by atoms with Crippen molar-refractivity contribution in [1.29, 1.82) is 0 Å². The highest BCUT2D eigenvalue weighted by molar-refractivity contribution is 5.85. The van der Waals surface area contributed by atoms with Crippen LogP contribution in [-0.4, -0.2) is 36.1 Å². The number of amides is 1. The van der Waals surface area contributed by atoms with Crippen LogP contribution in [0.25, 0.3) is 0 Å². The van der Waals surface area contributed by atoms with Gasteiger partial charge in [-0.1, -0.05) is 12.1 Å². The van der Waals surface area contributed by atoms with Crippen LogP contribution in [0, 0.1) is 5.82 Å². The maximum absolute atomic E-state index is 13.6. The molecule has 18 heavy (non-hydrogen) atoms. The number of nitrogens with one attached hydrogen (secondary N) is 1. The van der Waals surface area contributed by atoms with E-state index in [2.05, 4.69) is 5.32 Å². The van der Waals surface area contributed by atoms with E-state index >= 15 is 0 Å². The Labute approximate surface area is 103 Å². The first-order chi connectivity index (χ1) is 8.58. The summed E-state index contributed by atoms with van der Waals surface area (Å²) < 4.78 is 13.6. The number of rotatable bonds is 2. The highest BCUT2D eigenvalue weighted by Gasteiger charge is 2.27. The van der Waals surface area contributed by atoms with Crippen molar-refractivity contribution in [2.45, 2.75) is 12.5 Å². The molecular weight excluding hydrogens is 239 g/mol. The number of carbonyl (C=O) groups excluding carboxylic acids is 1. The molecule has 1 heterocycles. The zero-order chi connectivity index (χ0) is 13.1. The third-order valence-corrected chi connectivity index (χ3v) is 2.84. The van der Waals surface area contributed by atoms with Gasteiger partial charge in [-0.3, -0.25) is 4.79 Å². The van der Waals surface area contributed by atoms with E-state index in [9.17, 15) is 14.0 Å². The van der Waals surface area contributed by atoms with Gasteiger partial charge in [-0.2, -0.15) is 0 Å². The Morgan fingerprint density at radius 3 is 2.83 bits per heavy atom. The number of benzene rings is 1. The molecule has 96 valence electrons. The standard InChI is InChI=1S/C12H13FN2O3/c13-8-3-1-2-4-10(8)15-6-5-11(16)14-9(7-15)12(17)18/h1-4,9H,5-7H2,(H,14,16)(H,17,18). The Hall–Kier alpha value is -2.11. The molecule has 6 heteroatoms. The van der Waals surface area contributed by atoms with E-state index in [0.717, 1.165) is 0 Å². The van der Waals surface area contributed by atoms with Crippen molar-refractivity contribution in [3.63, 3.8) is 0 Å². The van der Waals surface area contributed by atoms with Gasteiger partial charge in [0.2, 0.25) is 5.91 Å². The van der Waals surface area contributed by atoms with Crippen LogP contribution in [0.2, 0.25) is 0 Å². The lowest BCUT2D eigenvalue weighted by Crippen LogP contribution is -2.45. The molecule has 1 fully saturated rings. The van der Waals surface area contributed by atoms with Crippen molar-refractivity contribution in [1.82, 2.24) is 5.32 Å². The number of carboxylic acid groups (broad SMARTS) is 1. The summed E-state index contributed by atoms with van der Waals surface area (Å²) in [7, 11) is 0. The Balaban J connectivity index is 2.25. The first kappa shape index (κ1) is 12.3. The number of carbonyl (C=O) groups is 2. The normalized spacial score (nSPS) is 20.2. The maximum Gasteiger partial charge on any atom is 0.328 e. The predicted octanol–water partition coefficient (Wildman–Crippen LogP) is 0.605. The summed E-state index contributed by atoms with van der Waals surface area (Å²) in [5, 5.41) is 11.4. The van der Waals surface area contributed by atoms with Gasteiger partial charge in [0.25, 0.3) is 0 Å². The van der Waals surface area contributed by atoms with Crippen molar-refractivity contribution in [2.75, 3.05) is 18.0 Å². The Bertz CT molecular complexity index is 478. The average molecular weight is 252 g/mol. The van der Waals surface area contributed by atoms with Crippen LogP contribution in [-0.2, 0) is 9.59 Å². The largest absolute Gasteiger partial charge is 0.480 e. The maximum atomic E-state index is 13.6. The number of hydrogen-bond acceptors (Lipinski definition) is 3. The number of para-hydroxylation sites is 1. The van der Waals surface area contributed by atoms with Gasteiger partial charge < -0.3 is 15.3 Å². The molecule has 5 nitrogen and oxygen atoms in total. The Kier molecular flexibility index (Phi) is 3.45. The van der Waals surface area contributed by atoms with Gasteiger partial charge in [0, 0.05) is 19.5 Å². The lowest BCUT2D eigenvalue weighted by molar-refractivity contribution is -0.141. The van der Waals surface area contributed by atoms with Crippen LogP contribution in [0.4, 0.5) is 10.1 Å². The molecule has 0 saturated carbocycles. The summed E-state index contributed by atoms with van der Waals surface area (Å²) in [6.07, 6.45) is 0.151. The molecule has 1 amide bonds. The molecule has 1 atom stereocenters. The molecule has 0 aliphatic carbocycles. The second-order valence-electron chi connectivity index (χ2n) is 4.11. The zero-order valence-electron chi connectivity index (χ0n) is 9.60. The van der Waals surface area contributed by atoms with E-state index < -0.39 is 17.8 Å². The fourth-order valence-electron chi connectivity index (χ4n) is 1.93. The fourth-order valence-corrected chi connectivity index (χ4v) is 1.93. The van der Waals surface area contributed by atoms with Crippen LogP contribution in [0.15, 0.2) is 24.3 Å². The van der Waals surface area contributed by atoms with Crippen LogP contribution >= 0.6 is 0 Å². The molecule has 1 aliphatic rings. The Morgan fingerprint density at radius 1 is 1.44 bits per heavy atom. The first-order valence-corrected chi connectivity index (χ1v) is 5.59. The van der Waals surface area contributed by atoms with Crippen LogP contribution in [0.3, 0.4) is 0 Å². The van der Waals surface area contributed by atoms with Gasteiger partial charge in [-0.25, -0.2) is 9.18 Å². The number of hydrogen-bond donors (Lipinski definition) is 2. The molecule has 0 bridgehead atoms. The molecule has 0 spiro atoms. The van der Waals surface area contributed by atoms with Crippen molar-refractivity contribution in [3.05, 3.63) is 30.1 Å². The smallest absolute Gasteiger partial charge is 0.328 e. The van der Waals surface area contributed by atoms with Gasteiger partial charge in [-0.05, 0) is 12.1 Å². The average Bonchev–Trinajstić information content (AvgIpc) is 2.52. The summed E-state index contributed by atoms with van der Waals surface area (Å²) in [5.74, 6) is -1.87. The highest BCUT2D eigenvalue weighted by Crippen LogP contribution is 2.20. The highest BCUT2D eigenvalue weighted by atomic mass is 19.1. The summed E-state index contributed by atoms with van der Waals surface area (Å²) in [5.41, 5.74) is 0.320. The van der Waals surface area contributed by atoms with E-state index in [1.807, 2.05) is 0 Å². The quantitative estimate of drug-likeness (QED) is 0.809. The van der Waals surface area contributed by atoms with E-state index in [4.69, 9.17) is 5.11 Å². The van der Waals surface area contributed by atoms with Crippen LogP contribution in [0.5, 0.6) is 0 Å². The first-order valence-electron chi connectivity index (χ1n) is 5.59. The molecule has 2 N–H and O–H groups in total. The van der Waals surface area contributed by atoms with Crippen LogP contribution < -0.4 is 10.2 Å². The van der Waals surface area contributed by atoms with Crippen molar-refractivity contribution < 1.29 is 19.1 Å². The third kappa shape index (κ3) is 2.58. The summed E-state index contributed by atoms with van der Waals surface area (Å²) >= 11 is 0. The third-order valence-electron chi connectivity index (χ3n) is 2.84. The number of carboxylic acids is 1. The van der Waals surface area contributed by atoms with Gasteiger partial charge in [0.05, 0.1) is 5.69 Å². The molecule has 0 aromatic heterocycles. The SMILES string of the molecule is O=C1CCN(c2ccccc2F)CC(C(=O)O)N1. The monoisotopic (exact) mass is 252 g/mol. The lowest BCUT2D eigenvalue weighted by atomic mass is 10.2. The minimum Gasteiger partial charge on any atom is -0.480 e. The molecule has 1 aromatic carbocycles. The Morgan fingerprint density at radius 2 is 2.17 bits per heavy atom. The van der Waals surface area contributed by atoms with Crippen LogP contribution in [0.1, 0.15) is 6.42 Å². The van der Waals surface area contributed by atoms with E-state index in [0.29, 0.717) is 12.2 Å². The zero-order valence-corrected chi connectivity index (χ0v) is 9.60. The molecular formula is C12H13FN2O3. The number of aliphatic carboxylic acids is 1. The van der Waals surface area contributed by atoms with Gasteiger partial charge in [-0.15, -0.1) is 0 Å². The minimum absolute atomic E-state index is 0.0575. The van der Waals surface area contributed by atoms with Gasteiger partial charge in [0.15, 0.2) is 0 Å². The van der Waals surface area contributed by atoms with Gasteiger partial charge >= 0.3 is 5.97 Å². The topological polar surface area (TPSA) is 69.6 Å². The molecule has 1 aliphatic heterocycles. The van der Waals surface area contributed by atoms with Crippen molar-refractivity contribution in [2.24, 2.45) is 0 Å². The van der Waals surface area contributed by atoms with E-state index in [1.54, 1.807) is 23.1 Å². The van der Waals surface area contributed by atoms with Crippen molar-refractivity contribution >= 4 is 17.6 Å². The molecule has 1 unspecified atom stereocenters. The van der Waals surface area contributed by atoms with E-state index in [1.165, 1.54) is 6.07 Å². The number of nitrogens with zero attached hydrogens (tertiary/aromatic N) is 1. The summed E-state index contributed by atoms with van der Waals surface area (Å²) in [6.45, 7) is 0.360. The molecule has 1 saturated heterocycles. The second kappa shape index (κ2) is 5.03. The lowest BCUT2D eigenvalue weighted by Gasteiger charge is -2.24. The summed E-state index contributed by atoms with van der Waals surface area (Å²) in [4.78, 5) is 23.9. The van der Waals surface area contributed by atoms with Crippen molar-refractivity contribution in [3.8, 4) is 0 Å². The van der Waals surface area contributed by atoms with Gasteiger partial charge in [0.1, 0.15) is 11.9 Å².